The fraction of sp³-hybridized carbons (Fsp3) is 0.318. The molecule has 1 aromatic carbocycles. The first-order valence-corrected chi connectivity index (χ1v) is 12.3. The molecule has 0 unspecified atom stereocenters. The van der Waals surface area contributed by atoms with Crippen molar-refractivity contribution in [3.8, 4) is 0 Å². The predicted octanol–water partition coefficient (Wildman–Crippen LogP) is 3.39. The van der Waals surface area contributed by atoms with Crippen molar-refractivity contribution < 1.29 is 13.2 Å². The van der Waals surface area contributed by atoms with Crippen LogP contribution in [0.15, 0.2) is 71.2 Å². The van der Waals surface area contributed by atoms with Crippen molar-refractivity contribution >= 4 is 27.3 Å². The van der Waals surface area contributed by atoms with Gasteiger partial charge in [0.15, 0.2) is 0 Å². The summed E-state index contributed by atoms with van der Waals surface area (Å²) in [5.41, 5.74) is 1.04. The highest BCUT2D eigenvalue weighted by atomic mass is 32.2. The van der Waals surface area contributed by atoms with Gasteiger partial charge in [0.05, 0.1) is 10.9 Å². The number of amides is 1. The van der Waals surface area contributed by atoms with Crippen molar-refractivity contribution in [2.75, 3.05) is 13.1 Å². The molecular weight excluding hydrogens is 418 g/mol. The Hall–Kier alpha value is -2.42. The molecule has 1 amide bonds. The van der Waals surface area contributed by atoms with Gasteiger partial charge in [-0.25, -0.2) is 8.42 Å². The minimum absolute atomic E-state index is 0.0194. The zero-order valence-electron chi connectivity index (χ0n) is 16.8. The maximum Gasteiger partial charge on any atom is 0.244 e. The summed E-state index contributed by atoms with van der Waals surface area (Å²) < 4.78 is 28.8. The summed E-state index contributed by atoms with van der Waals surface area (Å²) in [7, 11) is -1.71. The van der Waals surface area contributed by atoms with E-state index in [1.165, 1.54) is 4.31 Å². The zero-order valence-corrected chi connectivity index (χ0v) is 18.4. The Labute approximate surface area is 181 Å². The maximum absolute atomic E-state index is 13.0. The molecule has 4 rings (SSSR count). The Morgan fingerprint density at radius 1 is 1.10 bits per heavy atom. The van der Waals surface area contributed by atoms with Crippen LogP contribution >= 0.6 is 11.3 Å². The third kappa shape index (κ3) is 4.35. The lowest BCUT2D eigenvalue weighted by Gasteiger charge is -2.31. The van der Waals surface area contributed by atoms with Crippen molar-refractivity contribution in [2.24, 2.45) is 13.0 Å². The van der Waals surface area contributed by atoms with Crippen LogP contribution in [0.5, 0.6) is 0 Å². The first-order chi connectivity index (χ1) is 14.4. The van der Waals surface area contributed by atoms with Crippen LogP contribution < -0.4 is 5.32 Å². The topological polar surface area (TPSA) is 71.4 Å². The number of sulfonamides is 1. The van der Waals surface area contributed by atoms with E-state index in [2.05, 4.69) is 5.32 Å². The molecule has 158 valence electrons. The van der Waals surface area contributed by atoms with Gasteiger partial charge in [-0.3, -0.25) is 4.79 Å². The number of piperidine rings is 1. The van der Waals surface area contributed by atoms with Crippen LogP contribution in [-0.2, 0) is 21.9 Å². The number of carbonyl (C=O) groups excluding carboxylic acids is 1. The molecule has 0 saturated carbocycles. The van der Waals surface area contributed by atoms with E-state index < -0.39 is 10.0 Å². The standard InChI is InChI=1S/C22H25N3O3S2/c1-24-12-11-19(16-24)30(27,28)25-13-9-18(10-14-25)22(26)23-21(20-8-5-15-29-20)17-6-3-2-4-7-17/h2-8,11-12,15-16,18,21H,9-10,13-14H2,1H3,(H,23,26)/t21-/m1/s1. The highest BCUT2D eigenvalue weighted by molar-refractivity contribution is 7.89. The van der Waals surface area contributed by atoms with Crippen LogP contribution in [0.3, 0.4) is 0 Å². The lowest BCUT2D eigenvalue weighted by atomic mass is 9.96. The van der Waals surface area contributed by atoms with Gasteiger partial charge in [0, 0.05) is 43.3 Å². The van der Waals surface area contributed by atoms with Gasteiger partial charge >= 0.3 is 0 Å². The van der Waals surface area contributed by atoms with Crippen LogP contribution in [0, 0.1) is 5.92 Å². The molecule has 6 nitrogen and oxygen atoms in total. The van der Waals surface area contributed by atoms with Crippen molar-refractivity contribution in [3.05, 3.63) is 76.7 Å². The van der Waals surface area contributed by atoms with Crippen LogP contribution in [0.25, 0.3) is 0 Å². The first kappa shape index (κ1) is 20.8. The molecule has 2 aromatic heterocycles. The Balaban J connectivity index is 1.42. The number of nitrogens with zero attached hydrogens (tertiary/aromatic N) is 2. The van der Waals surface area contributed by atoms with Crippen LogP contribution in [0.2, 0.25) is 0 Å². The van der Waals surface area contributed by atoms with E-state index in [1.807, 2.05) is 47.8 Å². The van der Waals surface area contributed by atoms with E-state index in [0.29, 0.717) is 30.8 Å². The van der Waals surface area contributed by atoms with Gasteiger partial charge in [0.1, 0.15) is 0 Å². The van der Waals surface area contributed by atoms with Crippen molar-refractivity contribution in [1.82, 2.24) is 14.2 Å². The molecule has 1 atom stereocenters. The maximum atomic E-state index is 13.0. The third-order valence-corrected chi connectivity index (χ3v) is 8.33. The molecule has 3 aromatic rings. The number of nitrogens with one attached hydrogen (secondary N) is 1. The summed E-state index contributed by atoms with van der Waals surface area (Å²) in [6.07, 6.45) is 4.37. The average molecular weight is 444 g/mol. The summed E-state index contributed by atoms with van der Waals surface area (Å²) in [6.45, 7) is 0.703. The Bertz CT molecular complexity index is 1080. The molecular formula is C22H25N3O3S2. The van der Waals surface area contributed by atoms with Crippen LogP contribution in [0.4, 0.5) is 0 Å². The molecule has 1 aliphatic heterocycles. The van der Waals surface area contributed by atoms with Crippen molar-refractivity contribution in [3.63, 3.8) is 0 Å². The second-order valence-electron chi connectivity index (χ2n) is 7.56. The number of aryl methyl sites for hydroxylation is 1. The minimum Gasteiger partial charge on any atom is -0.356 e. The molecule has 1 N–H and O–H groups in total. The molecule has 0 radical (unpaired) electrons. The summed E-state index contributed by atoms with van der Waals surface area (Å²) in [6, 6.07) is 15.3. The summed E-state index contributed by atoms with van der Waals surface area (Å²) >= 11 is 1.61. The second kappa shape index (κ2) is 8.75. The summed E-state index contributed by atoms with van der Waals surface area (Å²) in [5.74, 6) is -0.215. The molecule has 0 bridgehead atoms. The predicted molar refractivity (Wildman–Crippen MR) is 118 cm³/mol. The third-order valence-electron chi connectivity index (χ3n) is 5.51. The number of hydrogen-bond donors (Lipinski definition) is 1. The smallest absolute Gasteiger partial charge is 0.244 e. The van der Waals surface area contributed by atoms with E-state index in [9.17, 15) is 13.2 Å². The van der Waals surface area contributed by atoms with Crippen LogP contribution in [-0.4, -0.2) is 36.3 Å². The fourth-order valence-corrected chi connectivity index (χ4v) is 6.14. The number of thiophene rings is 1. The monoisotopic (exact) mass is 443 g/mol. The second-order valence-corrected chi connectivity index (χ2v) is 10.5. The number of rotatable bonds is 6. The molecule has 8 heteroatoms. The molecule has 1 fully saturated rings. The highest BCUT2D eigenvalue weighted by Gasteiger charge is 2.33. The van der Waals surface area contributed by atoms with Crippen LogP contribution in [0.1, 0.15) is 29.3 Å². The number of hydrogen-bond acceptors (Lipinski definition) is 4. The zero-order chi connectivity index (χ0) is 21.1. The molecule has 0 spiro atoms. The largest absolute Gasteiger partial charge is 0.356 e. The summed E-state index contributed by atoms with van der Waals surface area (Å²) in [5, 5.41) is 5.20. The van der Waals surface area contributed by atoms with E-state index in [0.717, 1.165) is 10.4 Å². The molecule has 1 aliphatic rings. The van der Waals surface area contributed by atoms with E-state index in [-0.39, 0.29) is 17.9 Å². The SMILES string of the molecule is Cn1ccc(S(=O)(=O)N2CCC(C(=O)N[C@H](c3ccccc3)c3cccs3)CC2)c1. The lowest BCUT2D eigenvalue weighted by Crippen LogP contribution is -2.43. The van der Waals surface area contributed by atoms with E-state index in [4.69, 9.17) is 0 Å². The van der Waals surface area contributed by atoms with Gasteiger partial charge in [0.2, 0.25) is 15.9 Å². The van der Waals surface area contributed by atoms with Crippen molar-refractivity contribution in [2.45, 2.75) is 23.8 Å². The van der Waals surface area contributed by atoms with E-state index in [1.54, 1.807) is 41.4 Å². The molecule has 30 heavy (non-hydrogen) atoms. The Morgan fingerprint density at radius 2 is 1.83 bits per heavy atom. The van der Waals surface area contributed by atoms with Gasteiger partial charge < -0.3 is 9.88 Å². The molecule has 3 heterocycles. The fourth-order valence-electron chi connectivity index (χ4n) is 3.82. The first-order valence-electron chi connectivity index (χ1n) is 9.96. The molecule has 1 saturated heterocycles. The van der Waals surface area contributed by atoms with Gasteiger partial charge in [-0.05, 0) is 35.9 Å². The summed E-state index contributed by atoms with van der Waals surface area (Å²) in [4.78, 5) is 14.4. The average Bonchev–Trinajstić information content (AvgIpc) is 3.45. The Kier molecular flexibility index (Phi) is 6.08. The van der Waals surface area contributed by atoms with Gasteiger partial charge in [-0.15, -0.1) is 11.3 Å². The van der Waals surface area contributed by atoms with Crippen molar-refractivity contribution in [1.29, 1.82) is 0 Å². The van der Waals surface area contributed by atoms with Gasteiger partial charge in [-0.1, -0.05) is 36.4 Å². The highest BCUT2D eigenvalue weighted by Crippen LogP contribution is 2.28. The normalized spacial score (nSPS) is 17.0. The Morgan fingerprint density at radius 3 is 2.43 bits per heavy atom. The number of benzene rings is 1. The van der Waals surface area contributed by atoms with Gasteiger partial charge in [0.25, 0.3) is 0 Å². The number of carbonyl (C=O) groups is 1. The lowest BCUT2D eigenvalue weighted by molar-refractivity contribution is -0.126. The quantitative estimate of drug-likeness (QED) is 0.635. The van der Waals surface area contributed by atoms with E-state index >= 15 is 0 Å². The van der Waals surface area contributed by atoms with Gasteiger partial charge in [-0.2, -0.15) is 4.31 Å². The molecule has 0 aliphatic carbocycles. The number of aromatic nitrogens is 1. The minimum atomic E-state index is -3.51.